The van der Waals surface area contributed by atoms with Gasteiger partial charge in [-0.25, -0.2) is 13.6 Å². The van der Waals surface area contributed by atoms with Gasteiger partial charge in [0.2, 0.25) is 11.8 Å². The molecule has 2 rings (SSSR count). The van der Waals surface area contributed by atoms with Gasteiger partial charge in [-0.05, 0) is 51.0 Å². The third kappa shape index (κ3) is 7.81. The summed E-state index contributed by atoms with van der Waals surface area (Å²) < 4.78 is 32.0. The molecule has 0 saturated carbocycles. The molecule has 0 heterocycles. The molecule has 2 N–H and O–H groups in total. The summed E-state index contributed by atoms with van der Waals surface area (Å²) in [5, 5.41) is 5.06. The lowest BCUT2D eigenvalue weighted by molar-refractivity contribution is -0.159. The van der Waals surface area contributed by atoms with Crippen molar-refractivity contribution in [3.05, 3.63) is 71.3 Å². The number of esters is 1. The minimum absolute atomic E-state index is 0.138. The molecule has 0 radical (unpaired) electrons. The lowest BCUT2D eigenvalue weighted by Gasteiger charge is -2.26. The van der Waals surface area contributed by atoms with Crippen LogP contribution >= 0.6 is 0 Å². The van der Waals surface area contributed by atoms with Gasteiger partial charge in [0.25, 0.3) is 0 Å². The number of rotatable bonds is 7. The van der Waals surface area contributed by atoms with Gasteiger partial charge < -0.3 is 15.4 Å². The number of halogens is 2. The summed E-state index contributed by atoms with van der Waals surface area (Å²) in [6.45, 7) is 6.59. The maximum atomic E-state index is 13.3. The number of hydrogen-bond acceptors (Lipinski definition) is 4. The van der Waals surface area contributed by atoms with E-state index in [0.717, 1.165) is 12.1 Å². The summed E-state index contributed by atoms with van der Waals surface area (Å²) in [5.74, 6) is -3.44. The number of carbonyl (C=O) groups is 3. The van der Waals surface area contributed by atoms with Gasteiger partial charge in [-0.3, -0.25) is 9.59 Å². The van der Waals surface area contributed by atoms with Gasteiger partial charge in [0.15, 0.2) is 6.04 Å². The first kappa shape index (κ1) is 24.0. The lowest BCUT2D eigenvalue weighted by atomic mass is 10.1. The number of amides is 2. The Morgan fingerprint density at radius 3 is 2.10 bits per heavy atom. The third-order valence-electron chi connectivity index (χ3n) is 4.12. The summed E-state index contributed by atoms with van der Waals surface area (Å²) in [4.78, 5) is 37.5. The number of hydrogen-bond donors (Lipinski definition) is 2. The predicted molar refractivity (Wildman–Crippen MR) is 111 cm³/mol. The molecule has 8 heteroatoms. The van der Waals surface area contributed by atoms with Crippen LogP contribution in [0.4, 0.5) is 8.78 Å². The zero-order valence-corrected chi connectivity index (χ0v) is 17.9. The van der Waals surface area contributed by atoms with Crippen molar-refractivity contribution in [3.63, 3.8) is 0 Å². The Labute approximate surface area is 180 Å². The second-order valence-electron chi connectivity index (χ2n) is 8.13. The van der Waals surface area contributed by atoms with Gasteiger partial charge in [-0.15, -0.1) is 0 Å². The molecule has 0 saturated heterocycles. The van der Waals surface area contributed by atoms with Crippen molar-refractivity contribution in [3.8, 4) is 0 Å². The number of carbonyl (C=O) groups excluding carboxylic acids is 3. The molecule has 0 unspecified atom stereocenters. The molecule has 2 amide bonds. The molecule has 0 aromatic heterocycles. The highest BCUT2D eigenvalue weighted by Crippen LogP contribution is 2.19. The van der Waals surface area contributed by atoms with Crippen LogP contribution in [-0.4, -0.2) is 29.4 Å². The Bertz CT molecular complexity index is 922. The summed E-state index contributed by atoms with van der Waals surface area (Å²) in [6, 6.07) is 9.30. The van der Waals surface area contributed by atoms with E-state index in [4.69, 9.17) is 4.74 Å². The van der Waals surface area contributed by atoms with Crippen LogP contribution in [0.1, 0.15) is 44.9 Å². The molecular formula is C23H26F2N2O4. The lowest BCUT2D eigenvalue weighted by Crippen LogP contribution is -2.48. The number of ether oxygens (including phenoxy) is 1. The highest BCUT2D eigenvalue weighted by Gasteiger charge is 2.29. The largest absolute Gasteiger partial charge is 0.458 e. The summed E-state index contributed by atoms with van der Waals surface area (Å²) in [6.07, 6.45) is -0.305. The van der Waals surface area contributed by atoms with Crippen molar-refractivity contribution < 1.29 is 27.9 Å². The van der Waals surface area contributed by atoms with E-state index < -0.39 is 47.1 Å². The molecule has 0 aliphatic carbocycles. The Kier molecular flexibility index (Phi) is 7.85. The minimum atomic E-state index is -1.07. The van der Waals surface area contributed by atoms with Gasteiger partial charge in [-0.2, -0.15) is 0 Å². The fourth-order valence-electron chi connectivity index (χ4n) is 2.81. The van der Waals surface area contributed by atoms with E-state index in [0.29, 0.717) is 11.6 Å². The smallest absolute Gasteiger partial charge is 0.333 e. The van der Waals surface area contributed by atoms with Crippen molar-refractivity contribution in [2.75, 3.05) is 0 Å². The fourth-order valence-corrected chi connectivity index (χ4v) is 2.81. The van der Waals surface area contributed by atoms with Crippen LogP contribution < -0.4 is 10.6 Å². The van der Waals surface area contributed by atoms with Gasteiger partial charge in [0.1, 0.15) is 23.3 Å². The minimum Gasteiger partial charge on any atom is -0.458 e. The fraction of sp³-hybridized carbons (Fsp3) is 0.348. The average Bonchev–Trinajstić information content (AvgIpc) is 2.64. The molecule has 0 aliphatic heterocycles. The first-order valence-electron chi connectivity index (χ1n) is 9.77. The molecular weight excluding hydrogens is 406 g/mol. The summed E-state index contributed by atoms with van der Waals surface area (Å²) in [7, 11) is 0. The van der Waals surface area contributed by atoms with Crippen LogP contribution in [0.5, 0.6) is 0 Å². The summed E-state index contributed by atoms with van der Waals surface area (Å²) in [5.41, 5.74) is -0.0908. The van der Waals surface area contributed by atoms with E-state index >= 15 is 0 Å². The monoisotopic (exact) mass is 432 g/mol. The molecule has 31 heavy (non-hydrogen) atoms. The predicted octanol–water partition coefficient (Wildman–Crippen LogP) is 3.21. The van der Waals surface area contributed by atoms with Crippen molar-refractivity contribution in [1.29, 1.82) is 0 Å². The molecule has 2 atom stereocenters. The maximum Gasteiger partial charge on any atom is 0.333 e. The van der Waals surface area contributed by atoms with Crippen LogP contribution in [0.2, 0.25) is 0 Å². The van der Waals surface area contributed by atoms with E-state index in [-0.39, 0.29) is 12.0 Å². The van der Waals surface area contributed by atoms with Gasteiger partial charge in [0.05, 0.1) is 6.42 Å². The molecule has 0 bridgehead atoms. The van der Waals surface area contributed by atoms with Crippen molar-refractivity contribution in [2.45, 2.75) is 51.8 Å². The van der Waals surface area contributed by atoms with Crippen molar-refractivity contribution in [1.82, 2.24) is 10.6 Å². The van der Waals surface area contributed by atoms with Crippen molar-refractivity contribution >= 4 is 17.8 Å². The van der Waals surface area contributed by atoms with E-state index in [1.54, 1.807) is 51.1 Å². The van der Waals surface area contributed by atoms with Crippen LogP contribution in [0.15, 0.2) is 48.5 Å². The van der Waals surface area contributed by atoms with Gasteiger partial charge >= 0.3 is 5.97 Å². The maximum absolute atomic E-state index is 13.3. The van der Waals surface area contributed by atoms with Crippen LogP contribution in [0, 0.1) is 11.6 Å². The number of nitrogens with one attached hydrogen (secondary N) is 2. The standard InChI is InChI=1S/C23H26F2N2O4/c1-14(26-19(28)12-15-10-17(24)13-18(25)11-15)21(29)27-20(16-8-6-5-7-9-16)22(30)31-23(2,3)4/h5-11,13-14,20H,12H2,1-4H3,(H,26,28)(H,27,29)/t14-,20-/m1/s1. The van der Waals surface area contributed by atoms with Crippen molar-refractivity contribution in [2.24, 2.45) is 0 Å². The quantitative estimate of drug-likeness (QED) is 0.658. The highest BCUT2D eigenvalue weighted by molar-refractivity contribution is 5.91. The molecule has 166 valence electrons. The first-order valence-corrected chi connectivity index (χ1v) is 9.77. The SMILES string of the molecule is C[C@@H](NC(=O)Cc1cc(F)cc(F)c1)C(=O)N[C@@H](C(=O)OC(C)(C)C)c1ccccc1. The molecule has 6 nitrogen and oxygen atoms in total. The summed E-state index contributed by atoms with van der Waals surface area (Å²) >= 11 is 0. The topological polar surface area (TPSA) is 84.5 Å². The highest BCUT2D eigenvalue weighted by atomic mass is 19.1. The van der Waals surface area contributed by atoms with Crippen LogP contribution in [0.3, 0.4) is 0 Å². The normalized spacial score (nSPS) is 13.1. The molecule has 2 aromatic rings. The first-order chi connectivity index (χ1) is 14.4. The Balaban J connectivity index is 2.06. The van der Waals surface area contributed by atoms with E-state index in [1.165, 1.54) is 6.92 Å². The molecule has 0 fully saturated rings. The Hall–Kier alpha value is -3.29. The molecule has 0 aliphatic rings. The molecule has 2 aromatic carbocycles. The Morgan fingerprint density at radius 2 is 1.55 bits per heavy atom. The van der Waals surface area contributed by atoms with E-state index in [9.17, 15) is 23.2 Å². The van der Waals surface area contributed by atoms with E-state index in [1.807, 2.05) is 0 Å². The Morgan fingerprint density at radius 1 is 0.968 bits per heavy atom. The second-order valence-corrected chi connectivity index (χ2v) is 8.13. The average molecular weight is 432 g/mol. The third-order valence-corrected chi connectivity index (χ3v) is 4.12. The van der Waals surface area contributed by atoms with Crippen LogP contribution in [0.25, 0.3) is 0 Å². The number of benzene rings is 2. The van der Waals surface area contributed by atoms with E-state index in [2.05, 4.69) is 10.6 Å². The second kappa shape index (κ2) is 10.1. The molecule has 0 spiro atoms. The zero-order valence-electron chi connectivity index (χ0n) is 17.9. The zero-order chi connectivity index (χ0) is 23.2. The van der Waals surface area contributed by atoms with Gasteiger partial charge in [-0.1, -0.05) is 30.3 Å². The van der Waals surface area contributed by atoms with Crippen LogP contribution in [-0.2, 0) is 25.5 Å². The van der Waals surface area contributed by atoms with Gasteiger partial charge in [0, 0.05) is 6.07 Å².